The van der Waals surface area contributed by atoms with E-state index in [-0.39, 0.29) is 12.1 Å². The molecule has 1 saturated carbocycles. The Hall–Kier alpha value is -0.870. The highest BCUT2D eigenvalue weighted by atomic mass is 16.3. The van der Waals surface area contributed by atoms with E-state index in [1.165, 1.54) is 0 Å². The molecule has 78 valence electrons. The van der Waals surface area contributed by atoms with E-state index in [1.54, 1.807) is 4.68 Å². The summed E-state index contributed by atoms with van der Waals surface area (Å²) in [6, 6.07) is 2.26. The summed E-state index contributed by atoms with van der Waals surface area (Å²) in [5.41, 5.74) is 1.03. The molecule has 0 amide bonds. The van der Waals surface area contributed by atoms with Crippen molar-refractivity contribution in [1.29, 1.82) is 0 Å². The topological polar surface area (TPSA) is 50.1 Å². The van der Waals surface area contributed by atoms with Crippen molar-refractivity contribution in [2.75, 3.05) is 0 Å². The Balaban J connectivity index is 1.82. The van der Waals surface area contributed by atoms with Crippen molar-refractivity contribution in [3.63, 3.8) is 0 Å². The second kappa shape index (κ2) is 4.11. The van der Waals surface area contributed by atoms with Crippen LogP contribution in [0.5, 0.6) is 0 Å². The monoisotopic (exact) mass is 195 g/mol. The summed E-state index contributed by atoms with van der Waals surface area (Å²) in [6.45, 7) is 0.753. The van der Waals surface area contributed by atoms with Crippen LogP contribution in [0.1, 0.15) is 25.0 Å². The van der Waals surface area contributed by atoms with Gasteiger partial charge in [0.1, 0.15) is 0 Å². The molecule has 0 bridgehead atoms. The van der Waals surface area contributed by atoms with Gasteiger partial charge in [0.25, 0.3) is 0 Å². The van der Waals surface area contributed by atoms with Crippen LogP contribution in [0.15, 0.2) is 12.3 Å². The molecule has 0 unspecified atom stereocenters. The highest BCUT2D eigenvalue weighted by Crippen LogP contribution is 2.18. The fraction of sp³-hybridized carbons (Fsp3) is 0.700. The molecule has 1 aromatic rings. The second-order valence-corrected chi connectivity index (χ2v) is 3.97. The highest BCUT2D eigenvalue weighted by Gasteiger charge is 2.24. The Kier molecular flexibility index (Phi) is 2.84. The molecule has 2 atom stereocenters. The molecule has 1 aliphatic carbocycles. The van der Waals surface area contributed by atoms with Gasteiger partial charge in [-0.25, -0.2) is 0 Å². The highest BCUT2D eigenvalue weighted by molar-refractivity contribution is 4.99. The number of hydrogen-bond donors (Lipinski definition) is 2. The first-order valence-electron chi connectivity index (χ1n) is 5.15. The molecular weight excluding hydrogens is 178 g/mol. The number of aliphatic hydroxyl groups is 1. The van der Waals surface area contributed by atoms with Crippen LogP contribution in [0, 0.1) is 0 Å². The van der Waals surface area contributed by atoms with Crippen LogP contribution < -0.4 is 5.32 Å². The molecule has 0 spiro atoms. The molecule has 0 aromatic carbocycles. The van der Waals surface area contributed by atoms with Gasteiger partial charge in [-0.1, -0.05) is 0 Å². The van der Waals surface area contributed by atoms with Crippen LogP contribution in [0.4, 0.5) is 0 Å². The van der Waals surface area contributed by atoms with Crippen LogP contribution in [0.3, 0.4) is 0 Å². The standard InChI is InChI=1S/C10H17N3O/c1-13-6-5-8(12-13)7-11-9-3-2-4-10(9)14/h5-6,9-11,14H,2-4,7H2,1H3/t9-,10-/m0/s1. The molecule has 1 heterocycles. The van der Waals surface area contributed by atoms with Crippen molar-refractivity contribution in [1.82, 2.24) is 15.1 Å². The summed E-state index contributed by atoms with van der Waals surface area (Å²) in [5, 5.41) is 17.2. The predicted molar refractivity (Wildman–Crippen MR) is 53.7 cm³/mol. The maximum Gasteiger partial charge on any atom is 0.0762 e. The lowest BCUT2D eigenvalue weighted by molar-refractivity contribution is 0.148. The van der Waals surface area contributed by atoms with Crippen molar-refractivity contribution in [2.24, 2.45) is 7.05 Å². The molecule has 2 N–H and O–H groups in total. The van der Waals surface area contributed by atoms with Crippen molar-refractivity contribution in [3.05, 3.63) is 18.0 Å². The van der Waals surface area contributed by atoms with Crippen LogP contribution >= 0.6 is 0 Å². The largest absolute Gasteiger partial charge is 0.392 e. The number of nitrogens with one attached hydrogen (secondary N) is 1. The maximum atomic E-state index is 9.58. The number of aryl methyl sites for hydroxylation is 1. The van der Waals surface area contributed by atoms with Crippen LogP contribution in [-0.4, -0.2) is 27.0 Å². The van der Waals surface area contributed by atoms with Gasteiger partial charge in [0, 0.05) is 25.8 Å². The lowest BCUT2D eigenvalue weighted by Crippen LogP contribution is -2.35. The molecule has 1 aromatic heterocycles. The summed E-state index contributed by atoms with van der Waals surface area (Å²) in [5.74, 6) is 0. The Morgan fingerprint density at radius 2 is 2.50 bits per heavy atom. The van der Waals surface area contributed by atoms with E-state index >= 15 is 0 Å². The Morgan fingerprint density at radius 3 is 3.07 bits per heavy atom. The van der Waals surface area contributed by atoms with E-state index < -0.39 is 0 Å². The summed E-state index contributed by atoms with van der Waals surface area (Å²) >= 11 is 0. The van der Waals surface area contributed by atoms with Gasteiger partial charge in [-0.05, 0) is 25.3 Å². The molecule has 0 saturated heterocycles. The summed E-state index contributed by atoms with van der Waals surface area (Å²) < 4.78 is 1.79. The smallest absolute Gasteiger partial charge is 0.0762 e. The minimum atomic E-state index is -0.168. The average Bonchev–Trinajstić information content (AvgIpc) is 2.72. The zero-order chi connectivity index (χ0) is 9.97. The molecule has 14 heavy (non-hydrogen) atoms. The minimum Gasteiger partial charge on any atom is -0.392 e. The lowest BCUT2D eigenvalue weighted by Gasteiger charge is -2.15. The van der Waals surface area contributed by atoms with Crippen molar-refractivity contribution in [2.45, 2.75) is 38.0 Å². The van der Waals surface area contributed by atoms with Crippen LogP contribution in [-0.2, 0) is 13.6 Å². The van der Waals surface area contributed by atoms with Crippen LogP contribution in [0.25, 0.3) is 0 Å². The van der Waals surface area contributed by atoms with Gasteiger partial charge in [0.15, 0.2) is 0 Å². The molecule has 1 aliphatic rings. The van der Waals surface area contributed by atoms with E-state index in [1.807, 2.05) is 19.3 Å². The van der Waals surface area contributed by atoms with Gasteiger partial charge in [-0.3, -0.25) is 4.68 Å². The third-order valence-electron chi connectivity index (χ3n) is 2.79. The van der Waals surface area contributed by atoms with Gasteiger partial charge < -0.3 is 10.4 Å². The first-order valence-corrected chi connectivity index (χ1v) is 5.15. The van der Waals surface area contributed by atoms with Crippen molar-refractivity contribution < 1.29 is 5.11 Å². The molecule has 0 aliphatic heterocycles. The Morgan fingerprint density at radius 1 is 1.64 bits per heavy atom. The quantitative estimate of drug-likeness (QED) is 0.735. The zero-order valence-corrected chi connectivity index (χ0v) is 8.48. The average molecular weight is 195 g/mol. The van der Waals surface area contributed by atoms with Gasteiger partial charge in [-0.2, -0.15) is 5.10 Å². The predicted octanol–water partition coefficient (Wildman–Crippen LogP) is 0.423. The van der Waals surface area contributed by atoms with E-state index in [0.29, 0.717) is 0 Å². The fourth-order valence-electron chi connectivity index (χ4n) is 1.97. The van der Waals surface area contributed by atoms with E-state index in [0.717, 1.165) is 31.5 Å². The second-order valence-electron chi connectivity index (χ2n) is 3.97. The molecule has 2 rings (SSSR count). The SMILES string of the molecule is Cn1ccc(CN[C@H]2CCC[C@@H]2O)n1. The third kappa shape index (κ3) is 2.13. The normalized spacial score (nSPS) is 27.0. The lowest BCUT2D eigenvalue weighted by atomic mass is 10.2. The fourth-order valence-corrected chi connectivity index (χ4v) is 1.97. The molecule has 4 heteroatoms. The summed E-state index contributed by atoms with van der Waals surface area (Å²) in [7, 11) is 1.91. The Labute approximate surface area is 83.9 Å². The van der Waals surface area contributed by atoms with Crippen LogP contribution in [0.2, 0.25) is 0 Å². The third-order valence-corrected chi connectivity index (χ3v) is 2.79. The van der Waals surface area contributed by atoms with Crippen molar-refractivity contribution in [3.8, 4) is 0 Å². The summed E-state index contributed by atoms with van der Waals surface area (Å²) in [6.07, 6.45) is 4.90. The minimum absolute atomic E-state index is 0.168. The first kappa shape index (κ1) is 9.68. The van der Waals surface area contributed by atoms with E-state index in [4.69, 9.17) is 0 Å². The molecule has 0 radical (unpaired) electrons. The summed E-state index contributed by atoms with van der Waals surface area (Å²) in [4.78, 5) is 0. The molecule has 4 nitrogen and oxygen atoms in total. The van der Waals surface area contributed by atoms with Gasteiger partial charge in [0.05, 0.1) is 11.8 Å². The number of aliphatic hydroxyl groups excluding tert-OH is 1. The molecule has 1 fully saturated rings. The number of nitrogens with zero attached hydrogens (tertiary/aromatic N) is 2. The van der Waals surface area contributed by atoms with Gasteiger partial charge in [0.2, 0.25) is 0 Å². The van der Waals surface area contributed by atoms with Gasteiger partial charge in [-0.15, -0.1) is 0 Å². The van der Waals surface area contributed by atoms with Crippen molar-refractivity contribution >= 4 is 0 Å². The molecular formula is C10H17N3O. The maximum absolute atomic E-state index is 9.58. The van der Waals surface area contributed by atoms with Gasteiger partial charge >= 0.3 is 0 Å². The van der Waals surface area contributed by atoms with E-state index in [2.05, 4.69) is 10.4 Å². The first-order chi connectivity index (χ1) is 6.75. The van der Waals surface area contributed by atoms with E-state index in [9.17, 15) is 5.11 Å². The number of aromatic nitrogens is 2. The number of rotatable bonds is 3. The zero-order valence-electron chi connectivity index (χ0n) is 8.48. The Bertz CT molecular complexity index is 297. The number of hydrogen-bond acceptors (Lipinski definition) is 3.